The summed E-state index contributed by atoms with van der Waals surface area (Å²) >= 11 is 0. The molecule has 0 aliphatic heterocycles. The summed E-state index contributed by atoms with van der Waals surface area (Å²) in [6, 6.07) is 10.5. The van der Waals surface area contributed by atoms with E-state index < -0.39 is 22.4 Å². The highest BCUT2D eigenvalue weighted by atomic mass is 19.1. The van der Waals surface area contributed by atoms with E-state index in [1.54, 1.807) is 0 Å². The van der Waals surface area contributed by atoms with Crippen molar-refractivity contribution in [1.29, 1.82) is 0 Å². The molecule has 0 saturated heterocycles. The monoisotopic (exact) mass is 413 g/mol. The van der Waals surface area contributed by atoms with E-state index in [1.165, 1.54) is 68.8 Å². The third kappa shape index (κ3) is 3.97. The summed E-state index contributed by atoms with van der Waals surface area (Å²) in [7, 11) is 2.60. The Morgan fingerprint density at radius 1 is 1.23 bits per heavy atom. The molecule has 1 aromatic heterocycles. The number of pyridine rings is 1. The highest BCUT2D eigenvalue weighted by Crippen LogP contribution is 2.40. The van der Waals surface area contributed by atoms with Gasteiger partial charge < -0.3 is 14.4 Å². The van der Waals surface area contributed by atoms with Gasteiger partial charge in [-0.25, -0.2) is 9.18 Å². The van der Waals surface area contributed by atoms with Crippen LogP contribution >= 0.6 is 0 Å². The fraction of sp³-hybridized carbons (Fsp3) is 0.100. The van der Waals surface area contributed by atoms with Gasteiger partial charge in [0, 0.05) is 31.9 Å². The molecule has 2 aromatic carbocycles. The number of carboxylic acid groups (broad SMARTS) is 1. The van der Waals surface area contributed by atoms with Gasteiger partial charge in [-0.3, -0.25) is 19.8 Å². The summed E-state index contributed by atoms with van der Waals surface area (Å²) in [5, 5.41) is 20.9. The van der Waals surface area contributed by atoms with Crippen LogP contribution in [0.4, 0.5) is 20.6 Å². The third-order valence-corrected chi connectivity index (χ3v) is 4.34. The molecule has 0 aliphatic carbocycles. The van der Waals surface area contributed by atoms with E-state index in [0.717, 1.165) is 9.47 Å². The van der Waals surface area contributed by atoms with E-state index in [4.69, 9.17) is 4.74 Å². The number of hydrogen-bond acceptors (Lipinski definition) is 5. The molecule has 1 heterocycles. The van der Waals surface area contributed by atoms with Crippen molar-refractivity contribution in [2.75, 3.05) is 11.9 Å². The number of carbonyl (C=O) groups is 1. The molecular formula is C20H16FN3O6. The van der Waals surface area contributed by atoms with Crippen LogP contribution in [0.2, 0.25) is 0 Å². The number of aryl methyl sites for hydroxylation is 1. The van der Waals surface area contributed by atoms with Crippen LogP contribution in [0.5, 0.6) is 11.5 Å². The van der Waals surface area contributed by atoms with Gasteiger partial charge in [-0.15, -0.1) is 0 Å². The molecule has 0 spiro atoms. The molecule has 9 nitrogen and oxygen atoms in total. The second-order valence-corrected chi connectivity index (χ2v) is 6.34. The van der Waals surface area contributed by atoms with Crippen molar-refractivity contribution in [1.82, 2.24) is 4.57 Å². The quantitative estimate of drug-likeness (QED) is 0.499. The Labute approximate surface area is 169 Å². The van der Waals surface area contributed by atoms with Crippen molar-refractivity contribution < 1.29 is 24.0 Å². The van der Waals surface area contributed by atoms with Gasteiger partial charge >= 0.3 is 6.09 Å². The lowest BCUT2D eigenvalue weighted by atomic mass is 10.0. The van der Waals surface area contributed by atoms with Crippen molar-refractivity contribution in [2.24, 2.45) is 7.05 Å². The number of rotatable bonds is 5. The Bertz CT molecular complexity index is 1190. The maximum absolute atomic E-state index is 13.2. The van der Waals surface area contributed by atoms with Gasteiger partial charge in [0.05, 0.1) is 4.92 Å². The first-order valence-electron chi connectivity index (χ1n) is 8.57. The lowest BCUT2D eigenvalue weighted by Crippen LogP contribution is -2.32. The van der Waals surface area contributed by atoms with Crippen LogP contribution in [0.1, 0.15) is 0 Å². The van der Waals surface area contributed by atoms with E-state index >= 15 is 0 Å². The number of ether oxygens (including phenoxy) is 1. The predicted molar refractivity (Wildman–Crippen MR) is 107 cm³/mol. The summed E-state index contributed by atoms with van der Waals surface area (Å²) in [5.74, 6) is -0.148. The van der Waals surface area contributed by atoms with E-state index in [0.29, 0.717) is 0 Å². The van der Waals surface area contributed by atoms with E-state index in [1.807, 2.05) is 0 Å². The van der Waals surface area contributed by atoms with Gasteiger partial charge in [0.1, 0.15) is 28.6 Å². The lowest BCUT2D eigenvalue weighted by Gasteiger charge is -2.17. The van der Waals surface area contributed by atoms with E-state index in [-0.39, 0.29) is 34.0 Å². The molecule has 0 bridgehead atoms. The molecular weight excluding hydrogens is 397 g/mol. The fourth-order valence-corrected chi connectivity index (χ4v) is 2.85. The second-order valence-electron chi connectivity index (χ2n) is 6.34. The maximum atomic E-state index is 13.2. The summed E-state index contributed by atoms with van der Waals surface area (Å²) in [6.45, 7) is 0. The zero-order valence-corrected chi connectivity index (χ0v) is 15.9. The Morgan fingerprint density at radius 3 is 2.50 bits per heavy atom. The number of anilines is 1. The van der Waals surface area contributed by atoms with Crippen LogP contribution in [-0.4, -0.2) is 27.7 Å². The van der Waals surface area contributed by atoms with Gasteiger partial charge in [0.15, 0.2) is 0 Å². The minimum absolute atomic E-state index is 0.0439. The number of nitro groups is 1. The minimum Gasteiger partial charge on any atom is -0.465 e. The summed E-state index contributed by atoms with van der Waals surface area (Å²) < 4.78 is 20.0. The smallest absolute Gasteiger partial charge is 0.411 e. The maximum Gasteiger partial charge on any atom is 0.411 e. The molecule has 3 rings (SSSR count). The first-order chi connectivity index (χ1) is 14.2. The molecule has 1 N–H and O–H groups in total. The Balaban J connectivity index is 2.24. The normalized spacial score (nSPS) is 10.5. The lowest BCUT2D eigenvalue weighted by molar-refractivity contribution is -0.384. The highest BCUT2D eigenvalue weighted by molar-refractivity contribution is 5.88. The van der Waals surface area contributed by atoms with Crippen LogP contribution in [0.15, 0.2) is 59.5 Å². The predicted octanol–water partition coefficient (Wildman–Crippen LogP) is 4.01. The topological polar surface area (TPSA) is 115 Å². The number of nitrogens with zero attached hydrogens (tertiary/aromatic N) is 3. The van der Waals surface area contributed by atoms with Gasteiger partial charge in [-0.2, -0.15) is 0 Å². The zero-order chi connectivity index (χ0) is 22.0. The average molecular weight is 413 g/mol. The summed E-state index contributed by atoms with van der Waals surface area (Å²) in [6.07, 6.45) is -0.0175. The second kappa shape index (κ2) is 8.03. The van der Waals surface area contributed by atoms with E-state index in [9.17, 15) is 29.2 Å². The first-order valence-corrected chi connectivity index (χ1v) is 8.57. The SMILES string of the molecule is CN(C(=O)O)c1cc(-c2c(Oc3ccc(F)cc3)cccc2[N+](=O)[O-])cn(C)c1=O. The summed E-state index contributed by atoms with van der Waals surface area (Å²) in [5.41, 5.74) is -0.846. The van der Waals surface area contributed by atoms with Crippen LogP contribution in [0.25, 0.3) is 11.1 Å². The number of halogens is 1. The molecule has 0 fully saturated rings. The molecule has 154 valence electrons. The minimum atomic E-state index is -1.37. The molecule has 10 heteroatoms. The molecule has 3 aromatic rings. The molecule has 0 radical (unpaired) electrons. The van der Waals surface area contributed by atoms with Crippen LogP contribution in [-0.2, 0) is 7.05 Å². The van der Waals surface area contributed by atoms with Crippen molar-refractivity contribution in [2.45, 2.75) is 0 Å². The molecule has 30 heavy (non-hydrogen) atoms. The zero-order valence-electron chi connectivity index (χ0n) is 15.9. The molecule has 0 atom stereocenters. The first kappa shape index (κ1) is 20.5. The Morgan fingerprint density at radius 2 is 1.90 bits per heavy atom. The van der Waals surface area contributed by atoms with Crippen molar-refractivity contribution in [3.63, 3.8) is 0 Å². The summed E-state index contributed by atoms with van der Waals surface area (Å²) in [4.78, 5) is 35.5. The van der Waals surface area contributed by atoms with Crippen molar-refractivity contribution >= 4 is 17.5 Å². The number of amides is 1. The fourth-order valence-electron chi connectivity index (χ4n) is 2.85. The molecule has 0 aliphatic rings. The molecule has 0 unspecified atom stereocenters. The van der Waals surface area contributed by atoms with Crippen LogP contribution < -0.4 is 15.2 Å². The number of benzene rings is 2. The van der Waals surface area contributed by atoms with Gasteiger partial charge in [0.2, 0.25) is 0 Å². The van der Waals surface area contributed by atoms with Gasteiger partial charge in [-0.1, -0.05) is 6.07 Å². The molecule has 1 amide bonds. The Hall–Kier alpha value is -4.21. The number of nitro benzene ring substituents is 1. The van der Waals surface area contributed by atoms with Crippen LogP contribution in [0.3, 0.4) is 0 Å². The van der Waals surface area contributed by atoms with Crippen LogP contribution in [0, 0.1) is 15.9 Å². The third-order valence-electron chi connectivity index (χ3n) is 4.34. The molecule has 0 saturated carbocycles. The number of aromatic nitrogens is 1. The van der Waals surface area contributed by atoms with Gasteiger partial charge in [0.25, 0.3) is 11.2 Å². The van der Waals surface area contributed by atoms with Gasteiger partial charge in [-0.05, 0) is 36.4 Å². The Kier molecular flexibility index (Phi) is 5.50. The standard InChI is InChI=1S/C20H16FN3O6/c1-22-11-12(10-16(19(22)25)23(2)20(26)27)18-15(24(28)29)4-3-5-17(18)30-14-8-6-13(21)7-9-14/h3-11H,1-2H3,(H,26,27). The number of hydrogen-bond donors (Lipinski definition) is 1. The van der Waals surface area contributed by atoms with Crippen molar-refractivity contribution in [3.05, 3.63) is 81.0 Å². The average Bonchev–Trinajstić information content (AvgIpc) is 2.71. The highest BCUT2D eigenvalue weighted by Gasteiger charge is 2.24. The van der Waals surface area contributed by atoms with E-state index in [2.05, 4.69) is 0 Å². The largest absolute Gasteiger partial charge is 0.465 e. The van der Waals surface area contributed by atoms with Crippen molar-refractivity contribution in [3.8, 4) is 22.6 Å².